The highest BCUT2D eigenvalue weighted by atomic mass is 16.6. The molecule has 9 nitrogen and oxygen atoms in total. The fourth-order valence-electron chi connectivity index (χ4n) is 5.06. The maximum Gasteiger partial charge on any atom is 0.332 e. The van der Waals surface area contributed by atoms with Gasteiger partial charge in [0.15, 0.2) is 0 Å². The van der Waals surface area contributed by atoms with Gasteiger partial charge in [0, 0.05) is 46.4 Å². The molecule has 1 aliphatic heterocycles. The first-order valence-electron chi connectivity index (χ1n) is 14.3. The minimum absolute atomic E-state index is 0.0312. The van der Waals surface area contributed by atoms with E-state index < -0.39 is 5.60 Å². The van der Waals surface area contributed by atoms with Crippen molar-refractivity contribution in [3.8, 4) is 0 Å². The Balaban J connectivity index is 1.18. The number of carbonyl (C=O) groups excluding carboxylic acids is 1. The van der Waals surface area contributed by atoms with E-state index in [1.54, 1.807) is 14.0 Å². The Morgan fingerprint density at radius 2 is 1.56 bits per heavy atom. The molecule has 0 spiro atoms. The lowest BCUT2D eigenvalue weighted by molar-refractivity contribution is -0.148. The van der Waals surface area contributed by atoms with Gasteiger partial charge in [0.1, 0.15) is 24.6 Å². The number of piperazine rings is 1. The summed E-state index contributed by atoms with van der Waals surface area (Å²) in [6.45, 7) is 15.2. The number of nitrogens with zero attached hydrogens (tertiary/aromatic N) is 2. The Hall–Kier alpha value is -2.01. The molecule has 220 valence electrons. The first kappa shape index (κ1) is 31.5. The van der Waals surface area contributed by atoms with Gasteiger partial charge in [0.2, 0.25) is 0 Å². The van der Waals surface area contributed by atoms with Crippen molar-refractivity contribution in [3.05, 3.63) is 48.2 Å². The average molecular weight is 549 g/mol. The normalized spacial score (nSPS) is 22.5. The summed E-state index contributed by atoms with van der Waals surface area (Å²) in [5.41, 5.74) is 0.684. The third-order valence-corrected chi connectivity index (χ3v) is 7.57. The molecular weight excluding hydrogens is 500 g/mol. The summed E-state index contributed by atoms with van der Waals surface area (Å²) in [4.78, 5) is 16.1. The zero-order chi connectivity index (χ0) is 27.8. The van der Waals surface area contributed by atoms with E-state index >= 15 is 0 Å². The van der Waals surface area contributed by atoms with Gasteiger partial charge in [-0.2, -0.15) is 0 Å². The van der Waals surface area contributed by atoms with Crippen molar-refractivity contribution in [2.24, 2.45) is 0 Å². The van der Waals surface area contributed by atoms with Crippen LogP contribution in [0, 0.1) is 0 Å². The fourth-order valence-corrected chi connectivity index (χ4v) is 5.06. The summed E-state index contributed by atoms with van der Waals surface area (Å²) in [6.07, 6.45) is 3.73. The van der Waals surface area contributed by atoms with Gasteiger partial charge in [0.05, 0.1) is 39.1 Å². The summed E-state index contributed by atoms with van der Waals surface area (Å²) in [5, 5.41) is 0. The summed E-state index contributed by atoms with van der Waals surface area (Å²) < 4.78 is 34.1. The molecule has 1 aromatic rings. The molecule has 9 heteroatoms. The number of carbonyl (C=O) groups is 1. The summed E-state index contributed by atoms with van der Waals surface area (Å²) in [6, 6.07) is 10.1. The van der Waals surface area contributed by atoms with Crippen molar-refractivity contribution in [2.45, 2.75) is 50.9 Å². The summed E-state index contributed by atoms with van der Waals surface area (Å²) >= 11 is 0. The summed E-state index contributed by atoms with van der Waals surface area (Å²) in [5.74, 6) is 0.407. The number of hydrogen-bond acceptors (Lipinski definition) is 9. The molecule has 2 aliphatic rings. The number of rotatable bonds is 18. The maximum atomic E-state index is 11.3. The molecule has 0 atom stereocenters. The highest BCUT2D eigenvalue weighted by Crippen LogP contribution is 2.38. The molecule has 1 aliphatic carbocycles. The van der Waals surface area contributed by atoms with Crippen LogP contribution in [0.3, 0.4) is 0 Å². The van der Waals surface area contributed by atoms with Crippen molar-refractivity contribution in [1.82, 2.24) is 9.80 Å². The Kier molecular flexibility index (Phi) is 14.2. The largest absolute Gasteiger partial charge is 0.491 e. The van der Waals surface area contributed by atoms with E-state index in [2.05, 4.69) is 28.5 Å². The van der Waals surface area contributed by atoms with Crippen LogP contribution >= 0.6 is 0 Å². The van der Waals surface area contributed by atoms with Gasteiger partial charge in [-0.15, -0.1) is 0 Å². The van der Waals surface area contributed by atoms with Crippen LogP contribution in [-0.2, 0) is 39.8 Å². The number of methoxy groups -OCH3 is 1. The van der Waals surface area contributed by atoms with Crippen molar-refractivity contribution >= 4 is 5.97 Å². The molecule has 2 fully saturated rings. The number of hydrogen-bond donors (Lipinski definition) is 0. The van der Waals surface area contributed by atoms with Crippen LogP contribution < -0.4 is 0 Å². The Labute approximate surface area is 234 Å². The van der Waals surface area contributed by atoms with Crippen LogP contribution in [0.15, 0.2) is 42.7 Å². The van der Waals surface area contributed by atoms with Gasteiger partial charge >= 0.3 is 5.97 Å². The van der Waals surface area contributed by atoms with Crippen LogP contribution in [0.5, 0.6) is 0 Å². The van der Waals surface area contributed by atoms with Crippen LogP contribution in [0.2, 0.25) is 0 Å². The predicted molar refractivity (Wildman–Crippen MR) is 149 cm³/mol. The predicted octanol–water partition coefficient (Wildman–Crippen LogP) is 3.28. The molecule has 1 heterocycles. The standard InChI is InChI=1S/C30H48N2O7/c1-4-37-29(33)25-36-21-19-32-16-14-31(15-17-32)18-20-35-22-23-38-28-10-12-30(34-3,13-11-28)26(2)39-24-27-8-6-5-7-9-27/h5-9,28H,2,4,10-25H2,1,3H3. The van der Waals surface area contributed by atoms with Gasteiger partial charge in [-0.1, -0.05) is 36.9 Å². The minimum Gasteiger partial charge on any atom is -0.491 e. The lowest BCUT2D eigenvalue weighted by atomic mass is 9.82. The molecule has 0 amide bonds. The molecule has 1 saturated heterocycles. The molecule has 0 unspecified atom stereocenters. The number of benzene rings is 1. The topological polar surface area (TPSA) is 78.9 Å². The van der Waals surface area contributed by atoms with Crippen molar-refractivity contribution in [1.29, 1.82) is 0 Å². The second kappa shape index (κ2) is 17.6. The molecule has 1 aromatic carbocycles. The van der Waals surface area contributed by atoms with Gasteiger partial charge in [-0.05, 0) is 38.2 Å². The van der Waals surface area contributed by atoms with Crippen molar-refractivity contribution in [2.75, 3.05) is 86.0 Å². The third kappa shape index (κ3) is 11.2. The summed E-state index contributed by atoms with van der Waals surface area (Å²) in [7, 11) is 1.75. The lowest BCUT2D eigenvalue weighted by Gasteiger charge is -2.39. The number of ether oxygens (including phenoxy) is 6. The second-order valence-corrected chi connectivity index (χ2v) is 10.1. The molecule has 1 saturated carbocycles. The average Bonchev–Trinajstić information content (AvgIpc) is 2.97. The SMILES string of the molecule is C=C(OCc1ccccc1)C1(OC)CCC(OCCOCCN2CCN(CCOCC(=O)OCC)CC2)CC1. The van der Waals surface area contributed by atoms with Gasteiger partial charge in [-0.3, -0.25) is 9.80 Å². The zero-order valence-corrected chi connectivity index (χ0v) is 23.9. The first-order valence-corrected chi connectivity index (χ1v) is 14.3. The van der Waals surface area contributed by atoms with Crippen LogP contribution in [0.4, 0.5) is 0 Å². The van der Waals surface area contributed by atoms with Crippen molar-refractivity contribution in [3.63, 3.8) is 0 Å². The molecule has 0 radical (unpaired) electrons. The smallest absolute Gasteiger partial charge is 0.332 e. The van der Waals surface area contributed by atoms with E-state index in [0.29, 0.717) is 45.4 Å². The Morgan fingerprint density at radius 3 is 2.18 bits per heavy atom. The maximum absolute atomic E-state index is 11.3. The van der Waals surface area contributed by atoms with Crippen LogP contribution in [0.25, 0.3) is 0 Å². The van der Waals surface area contributed by atoms with Gasteiger partial charge in [0.25, 0.3) is 0 Å². The van der Waals surface area contributed by atoms with Crippen LogP contribution in [0.1, 0.15) is 38.2 Å². The van der Waals surface area contributed by atoms with Gasteiger partial charge < -0.3 is 28.4 Å². The van der Waals surface area contributed by atoms with E-state index in [1.165, 1.54) is 0 Å². The molecule has 0 bridgehead atoms. The minimum atomic E-state index is -0.440. The lowest BCUT2D eigenvalue weighted by Crippen LogP contribution is -2.48. The molecule has 0 N–H and O–H groups in total. The van der Waals surface area contributed by atoms with E-state index in [4.69, 9.17) is 28.4 Å². The Morgan fingerprint density at radius 1 is 0.923 bits per heavy atom. The second-order valence-electron chi connectivity index (χ2n) is 10.1. The monoisotopic (exact) mass is 548 g/mol. The Bertz CT molecular complexity index is 822. The van der Waals surface area contributed by atoms with E-state index in [0.717, 1.165) is 70.5 Å². The quantitative estimate of drug-likeness (QED) is 0.156. The molecule has 3 rings (SSSR count). The highest BCUT2D eigenvalue weighted by Gasteiger charge is 2.39. The van der Waals surface area contributed by atoms with E-state index in [1.807, 2.05) is 18.2 Å². The zero-order valence-electron chi connectivity index (χ0n) is 23.9. The van der Waals surface area contributed by atoms with Crippen LogP contribution in [-0.4, -0.2) is 113 Å². The third-order valence-electron chi connectivity index (χ3n) is 7.57. The van der Waals surface area contributed by atoms with Crippen molar-refractivity contribution < 1.29 is 33.2 Å². The van der Waals surface area contributed by atoms with E-state index in [-0.39, 0.29) is 18.7 Å². The van der Waals surface area contributed by atoms with Gasteiger partial charge in [-0.25, -0.2) is 4.79 Å². The molecule has 0 aromatic heterocycles. The van der Waals surface area contributed by atoms with E-state index in [9.17, 15) is 4.79 Å². The first-order chi connectivity index (χ1) is 19.0. The molecular formula is C30H48N2O7. The fraction of sp³-hybridized carbons (Fsp3) is 0.700. The number of esters is 1. The highest BCUT2D eigenvalue weighted by molar-refractivity contribution is 5.70. The molecule has 39 heavy (non-hydrogen) atoms.